The predicted molar refractivity (Wildman–Crippen MR) is 77.4 cm³/mol. The fraction of sp³-hybridized carbons (Fsp3) is 0.400. The van der Waals surface area contributed by atoms with Gasteiger partial charge in [-0.3, -0.25) is 0 Å². The van der Waals surface area contributed by atoms with Crippen molar-refractivity contribution in [2.24, 2.45) is 12.8 Å². The van der Waals surface area contributed by atoms with E-state index in [0.29, 0.717) is 6.54 Å². The summed E-state index contributed by atoms with van der Waals surface area (Å²) in [6.07, 6.45) is 0.852. The molecule has 0 aliphatic heterocycles. The molecule has 0 atom stereocenters. The standard InChI is InChI=1S/C15H21N3O/c1-10-9-12(5-6-14(10)19-4)15-17-11(2)13(7-8-16)18(15)3/h5-6,9H,7-8,16H2,1-4H3. The highest BCUT2D eigenvalue weighted by atomic mass is 16.5. The second kappa shape index (κ2) is 5.45. The Balaban J connectivity index is 2.47. The maximum Gasteiger partial charge on any atom is 0.140 e. The molecule has 4 nitrogen and oxygen atoms in total. The Morgan fingerprint density at radius 2 is 2.05 bits per heavy atom. The first-order valence-electron chi connectivity index (χ1n) is 6.45. The van der Waals surface area contributed by atoms with Crippen molar-refractivity contribution in [3.63, 3.8) is 0 Å². The van der Waals surface area contributed by atoms with Crippen molar-refractivity contribution in [1.82, 2.24) is 9.55 Å². The van der Waals surface area contributed by atoms with Gasteiger partial charge >= 0.3 is 0 Å². The molecule has 19 heavy (non-hydrogen) atoms. The first-order valence-corrected chi connectivity index (χ1v) is 6.45. The van der Waals surface area contributed by atoms with Crippen LogP contribution in [0.4, 0.5) is 0 Å². The summed E-state index contributed by atoms with van der Waals surface area (Å²) >= 11 is 0. The lowest BCUT2D eigenvalue weighted by Crippen LogP contribution is -2.08. The van der Waals surface area contributed by atoms with Crippen LogP contribution in [0.1, 0.15) is 17.0 Å². The van der Waals surface area contributed by atoms with E-state index in [0.717, 1.165) is 34.8 Å². The molecule has 0 spiro atoms. The largest absolute Gasteiger partial charge is 0.496 e. The van der Waals surface area contributed by atoms with Gasteiger partial charge in [-0.25, -0.2) is 4.98 Å². The van der Waals surface area contributed by atoms with E-state index >= 15 is 0 Å². The molecule has 2 rings (SSSR count). The van der Waals surface area contributed by atoms with Gasteiger partial charge in [-0.2, -0.15) is 0 Å². The number of hydrogen-bond donors (Lipinski definition) is 1. The Morgan fingerprint density at radius 3 is 2.63 bits per heavy atom. The molecule has 0 saturated carbocycles. The van der Waals surface area contributed by atoms with Gasteiger partial charge in [0.25, 0.3) is 0 Å². The highest BCUT2D eigenvalue weighted by Gasteiger charge is 2.13. The van der Waals surface area contributed by atoms with Crippen molar-refractivity contribution >= 4 is 0 Å². The molecule has 2 N–H and O–H groups in total. The normalized spacial score (nSPS) is 10.8. The zero-order valence-corrected chi connectivity index (χ0v) is 12.0. The lowest BCUT2D eigenvalue weighted by atomic mass is 10.1. The smallest absolute Gasteiger partial charge is 0.140 e. The summed E-state index contributed by atoms with van der Waals surface area (Å²) in [5, 5.41) is 0. The van der Waals surface area contributed by atoms with E-state index in [-0.39, 0.29) is 0 Å². The van der Waals surface area contributed by atoms with Gasteiger partial charge in [0.1, 0.15) is 11.6 Å². The monoisotopic (exact) mass is 259 g/mol. The lowest BCUT2D eigenvalue weighted by Gasteiger charge is -2.08. The summed E-state index contributed by atoms with van der Waals surface area (Å²) in [5.74, 6) is 1.88. The summed E-state index contributed by atoms with van der Waals surface area (Å²) in [7, 11) is 3.73. The van der Waals surface area contributed by atoms with Crippen molar-refractivity contribution < 1.29 is 4.74 Å². The average molecular weight is 259 g/mol. The molecule has 1 aromatic heterocycles. The van der Waals surface area contributed by atoms with Crippen LogP contribution in [0.5, 0.6) is 5.75 Å². The number of aryl methyl sites for hydroxylation is 2. The quantitative estimate of drug-likeness (QED) is 0.916. The summed E-state index contributed by atoms with van der Waals surface area (Å²) in [6.45, 7) is 4.71. The minimum absolute atomic E-state index is 0.640. The number of methoxy groups -OCH3 is 1. The SMILES string of the molecule is COc1ccc(-c2nc(C)c(CCN)n2C)cc1C. The van der Waals surface area contributed by atoms with Crippen molar-refractivity contribution in [3.05, 3.63) is 35.2 Å². The van der Waals surface area contributed by atoms with Crippen LogP contribution in [-0.2, 0) is 13.5 Å². The van der Waals surface area contributed by atoms with Gasteiger partial charge in [0, 0.05) is 24.7 Å². The Hall–Kier alpha value is -1.81. The number of nitrogens with zero attached hydrogens (tertiary/aromatic N) is 2. The van der Waals surface area contributed by atoms with E-state index in [4.69, 9.17) is 10.5 Å². The zero-order valence-electron chi connectivity index (χ0n) is 12.0. The molecule has 0 amide bonds. The van der Waals surface area contributed by atoms with Gasteiger partial charge < -0.3 is 15.0 Å². The third kappa shape index (κ3) is 2.49. The van der Waals surface area contributed by atoms with Crippen LogP contribution in [0.3, 0.4) is 0 Å². The van der Waals surface area contributed by atoms with Crippen molar-refractivity contribution in [1.29, 1.82) is 0 Å². The van der Waals surface area contributed by atoms with Crippen LogP contribution in [-0.4, -0.2) is 23.2 Å². The predicted octanol–water partition coefficient (Wildman–Crippen LogP) is 2.21. The fourth-order valence-corrected chi connectivity index (χ4v) is 2.43. The van der Waals surface area contributed by atoms with Crippen LogP contribution in [0, 0.1) is 13.8 Å². The molecule has 1 aromatic carbocycles. The molecule has 0 aliphatic carbocycles. The van der Waals surface area contributed by atoms with Gasteiger partial charge in [0.2, 0.25) is 0 Å². The number of ether oxygens (including phenoxy) is 1. The van der Waals surface area contributed by atoms with Gasteiger partial charge in [-0.1, -0.05) is 0 Å². The molecule has 0 aliphatic rings. The van der Waals surface area contributed by atoms with E-state index in [1.165, 1.54) is 5.69 Å². The first-order chi connectivity index (χ1) is 9.08. The van der Waals surface area contributed by atoms with Crippen LogP contribution in [0.15, 0.2) is 18.2 Å². The van der Waals surface area contributed by atoms with Gasteiger partial charge in [0.15, 0.2) is 0 Å². The third-order valence-electron chi connectivity index (χ3n) is 3.45. The minimum Gasteiger partial charge on any atom is -0.496 e. The minimum atomic E-state index is 0.640. The Morgan fingerprint density at radius 1 is 1.32 bits per heavy atom. The zero-order chi connectivity index (χ0) is 14.0. The summed E-state index contributed by atoms with van der Waals surface area (Å²) in [6, 6.07) is 6.13. The van der Waals surface area contributed by atoms with E-state index < -0.39 is 0 Å². The molecule has 0 bridgehead atoms. The molecule has 0 saturated heterocycles. The van der Waals surface area contributed by atoms with Gasteiger partial charge in [-0.15, -0.1) is 0 Å². The van der Waals surface area contributed by atoms with E-state index in [2.05, 4.69) is 15.6 Å². The van der Waals surface area contributed by atoms with Crippen molar-refractivity contribution in [2.75, 3.05) is 13.7 Å². The lowest BCUT2D eigenvalue weighted by molar-refractivity contribution is 0.412. The topological polar surface area (TPSA) is 53.1 Å². The van der Waals surface area contributed by atoms with Crippen LogP contribution in [0.25, 0.3) is 11.4 Å². The van der Waals surface area contributed by atoms with E-state index in [1.54, 1.807) is 7.11 Å². The second-order valence-electron chi connectivity index (χ2n) is 4.75. The summed E-state index contributed by atoms with van der Waals surface area (Å²) in [4.78, 5) is 4.66. The molecule has 0 fully saturated rings. The van der Waals surface area contributed by atoms with Crippen LogP contribution >= 0.6 is 0 Å². The molecule has 4 heteroatoms. The number of imidazole rings is 1. The molecule has 1 heterocycles. The Kier molecular flexibility index (Phi) is 3.90. The Bertz CT molecular complexity index is 587. The van der Waals surface area contributed by atoms with Crippen LogP contribution in [0.2, 0.25) is 0 Å². The Labute approximate surface area is 114 Å². The fourth-order valence-electron chi connectivity index (χ4n) is 2.43. The second-order valence-corrected chi connectivity index (χ2v) is 4.75. The third-order valence-corrected chi connectivity index (χ3v) is 3.45. The molecule has 0 unspecified atom stereocenters. The molecular formula is C15H21N3O. The van der Waals surface area contributed by atoms with Crippen LogP contribution < -0.4 is 10.5 Å². The molecule has 102 valence electrons. The number of benzene rings is 1. The summed E-state index contributed by atoms with van der Waals surface area (Å²) in [5.41, 5.74) is 10.1. The maximum atomic E-state index is 5.65. The van der Waals surface area contributed by atoms with E-state index in [1.807, 2.05) is 33.0 Å². The molecule has 0 radical (unpaired) electrons. The highest BCUT2D eigenvalue weighted by Crippen LogP contribution is 2.26. The number of rotatable bonds is 4. The number of aromatic nitrogens is 2. The highest BCUT2D eigenvalue weighted by molar-refractivity contribution is 5.60. The molecule has 2 aromatic rings. The van der Waals surface area contributed by atoms with E-state index in [9.17, 15) is 0 Å². The number of nitrogens with two attached hydrogens (primary N) is 1. The average Bonchev–Trinajstić information content (AvgIpc) is 2.67. The summed E-state index contributed by atoms with van der Waals surface area (Å²) < 4.78 is 7.42. The van der Waals surface area contributed by atoms with Gasteiger partial charge in [0.05, 0.1) is 12.8 Å². The number of hydrogen-bond acceptors (Lipinski definition) is 3. The van der Waals surface area contributed by atoms with Crippen molar-refractivity contribution in [2.45, 2.75) is 20.3 Å². The van der Waals surface area contributed by atoms with Gasteiger partial charge in [-0.05, 0) is 44.2 Å². The first kappa shape index (κ1) is 13.6. The molecular weight excluding hydrogens is 238 g/mol. The van der Waals surface area contributed by atoms with Crippen molar-refractivity contribution in [3.8, 4) is 17.1 Å². The maximum absolute atomic E-state index is 5.65.